The van der Waals surface area contributed by atoms with Gasteiger partial charge in [0.25, 0.3) is 0 Å². The number of rotatable bonds is 19. The maximum Gasteiger partial charge on any atom is 0.330 e. The summed E-state index contributed by atoms with van der Waals surface area (Å²) in [6, 6.07) is 0. The van der Waals surface area contributed by atoms with E-state index in [0.29, 0.717) is 6.61 Å². The Morgan fingerprint density at radius 1 is 0.800 bits per heavy atom. The standard InChI is InChI=1S/C23H44O2.C3H4O2/c1-5-7-8-9-10-11-12-13-14-15-18-22(21(3)4)19-16-17-20-25-23(24)6-2;1-2-3(4)5/h6,21-22H,2,5,7-20H2,1,3-4H3;2H,1H2,(H,4,5). The molecule has 0 aliphatic rings. The molecule has 0 aromatic heterocycles. The second kappa shape index (κ2) is 23.7. The van der Waals surface area contributed by atoms with Crippen LogP contribution in [0.1, 0.15) is 111 Å². The van der Waals surface area contributed by atoms with Crippen LogP contribution in [0.5, 0.6) is 0 Å². The molecule has 0 aliphatic carbocycles. The number of ether oxygens (including phenoxy) is 1. The molecule has 0 bridgehead atoms. The number of carboxylic acid groups (broad SMARTS) is 1. The smallest absolute Gasteiger partial charge is 0.330 e. The molecule has 30 heavy (non-hydrogen) atoms. The van der Waals surface area contributed by atoms with Gasteiger partial charge in [0.15, 0.2) is 0 Å². The molecule has 0 radical (unpaired) electrons. The van der Waals surface area contributed by atoms with Crippen LogP contribution in [0.25, 0.3) is 0 Å². The van der Waals surface area contributed by atoms with Gasteiger partial charge in [0.05, 0.1) is 6.61 Å². The largest absolute Gasteiger partial charge is 0.478 e. The Morgan fingerprint density at radius 3 is 1.63 bits per heavy atom. The van der Waals surface area contributed by atoms with Crippen LogP contribution in [-0.2, 0) is 14.3 Å². The van der Waals surface area contributed by atoms with Crippen molar-refractivity contribution in [1.82, 2.24) is 0 Å². The minimum Gasteiger partial charge on any atom is -0.478 e. The number of carbonyl (C=O) groups excluding carboxylic acids is 1. The van der Waals surface area contributed by atoms with Crippen LogP contribution < -0.4 is 0 Å². The van der Waals surface area contributed by atoms with Gasteiger partial charge in [-0.15, -0.1) is 0 Å². The molecule has 0 saturated carbocycles. The fourth-order valence-electron chi connectivity index (χ4n) is 3.45. The van der Waals surface area contributed by atoms with Crippen LogP contribution in [0.15, 0.2) is 25.3 Å². The van der Waals surface area contributed by atoms with Crippen LogP contribution in [-0.4, -0.2) is 23.7 Å². The maximum absolute atomic E-state index is 11.0. The van der Waals surface area contributed by atoms with Gasteiger partial charge in [-0.25, -0.2) is 9.59 Å². The van der Waals surface area contributed by atoms with E-state index in [9.17, 15) is 9.59 Å². The molecule has 176 valence electrons. The molecule has 4 heteroatoms. The zero-order valence-corrected chi connectivity index (χ0v) is 20.0. The average Bonchev–Trinajstić information content (AvgIpc) is 2.73. The highest BCUT2D eigenvalue weighted by atomic mass is 16.5. The molecule has 1 N–H and O–H groups in total. The Kier molecular flexibility index (Phi) is 24.2. The predicted octanol–water partition coefficient (Wildman–Crippen LogP) is 7.73. The third kappa shape index (κ3) is 24.5. The van der Waals surface area contributed by atoms with Crippen molar-refractivity contribution in [3.8, 4) is 0 Å². The second-order valence-electron chi connectivity index (χ2n) is 8.38. The monoisotopic (exact) mass is 424 g/mol. The van der Waals surface area contributed by atoms with Gasteiger partial charge < -0.3 is 9.84 Å². The molecular formula is C26H48O4. The highest BCUT2D eigenvalue weighted by Crippen LogP contribution is 2.25. The fourth-order valence-corrected chi connectivity index (χ4v) is 3.45. The van der Waals surface area contributed by atoms with Crippen molar-refractivity contribution in [2.24, 2.45) is 11.8 Å². The number of unbranched alkanes of at least 4 members (excludes halogenated alkanes) is 10. The zero-order valence-electron chi connectivity index (χ0n) is 20.0. The van der Waals surface area contributed by atoms with Crippen molar-refractivity contribution in [3.63, 3.8) is 0 Å². The van der Waals surface area contributed by atoms with Gasteiger partial charge in [-0.05, 0) is 24.7 Å². The molecule has 1 atom stereocenters. The normalized spacial score (nSPS) is 11.3. The van der Waals surface area contributed by atoms with Gasteiger partial charge in [-0.1, -0.05) is 111 Å². The lowest BCUT2D eigenvalue weighted by Gasteiger charge is -2.20. The highest BCUT2D eigenvalue weighted by molar-refractivity contribution is 5.81. The summed E-state index contributed by atoms with van der Waals surface area (Å²) in [6.07, 6.45) is 20.9. The van der Waals surface area contributed by atoms with Crippen LogP contribution in [0.2, 0.25) is 0 Å². The van der Waals surface area contributed by atoms with E-state index in [4.69, 9.17) is 9.84 Å². The number of carbonyl (C=O) groups is 2. The van der Waals surface area contributed by atoms with Crippen molar-refractivity contribution in [3.05, 3.63) is 25.3 Å². The molecule has 0 spiro atoms. The molecule has 0 rings (SSSR count). The first-order chi connectivity index (χ1) is 14.4. The van der Waals surface area contributed by atoms with Crippen molar-refractivity contribution >= 4 is 11.9 Å². The van der Waals surface area contributed by atoms with Crippen molar-refractivity contribution in [1.29, 1.82) is 0 Å². The summed E-state index contributed by atoms with van der Waals surface area (Å²) in [5, 5.41) is 7.60. The number of aliphatic carboxylic acids is 1. The van der Waals surface area contributed by atoms with Gasteiger partial charge in [0.1, 0.15) is 0 Å². The Labute approximate surface area is 186 Å². The maximum atomic E-state index is 11.0. The highest BCUT2D eigenvalue weighted by Gasteiger charge is 2.12. The molecule has 0 saturated heterocycles. The lowest BCUT2D eigenvalue weighted by Crippen LogP contribution is -2.10. The Bertz CT molecular complexity index is 429. The number of esters is 1. The van der Waals surface area contributed by atoms with E-state index in [1.165, 1.54) is 83.1 Å². The lowest BCUT2D eigenvalue weighted by molar-refractivity contribution is -0.138. The van der Waals surface area contributed by atoms with Gasteiger partial charge >= 0.3 is 11.9 Å². The SMILES string of the molecule is C=CC(=O)O.C=CC(=O)OCCCCC(CCCCCCCCCCCC)C(C)C. The summed E-state index contributed by atoms with van der Waals surface area (Å²) in [4.78, 5) is 20.2. The summed E-state index contributed by atoms with van der Waals surface area (Å²) in [6.45, 7) is 13.9. The molecule has 0 aromatic carbocycles. The molecule has 0 heterocycles. The van der Waals surface area contributed by atoms with E-state index in [2.05, 4.69) is 33.9 Å². The minimum absolute atomic E-state index is 0.300. The van der Waals surface area contributed by atoms with Gasteiger partial charge in [-0.3, -0.25) is 0 Å². The van der Waals surface area contributed by atoms with E-state index in [1.54, 1.807) is 0 Å². The lowest BCUT2D eigenvalue weighted by atomic mass is 9.86. The summed E-state index contributed by atoms with van der Waals surface area (Å²) in [5.74, 6) is 0.300. The zero-order chi connectivity index (χ0) is 23.0. The van der Waals surface area contributed by atoms with Gasteiger partial charge in [0, 0.05) is 12.2 Å². The third-order valence-corrected chi connectivity index (χ3v) is 5.43. The molecule has 4 nitrogen and oxygen atoms in total. The van der Waals surface area contributed by atoms with Crippen LogP contribution >= 0.6 is 0 Å². The first-order valence-corrected chi connectivity index (χ1v) is 12.0. The molecular weight excluding hydrogens is 376 g/mol. The second-order valence-corrected chi connectivity index (χ2v) is 8.38. The molecule has 0 amide bonds. The quantitative estimate of drug-likeness (QED) is 0.131. The third-order valence-electron chi connectivity index (χ3n) is 5.43. The van der Waals surface area contributed by atoms with Crippen molar-refractivity contribution in [2.75, 3.05) is 6.61 Å². The average molecular weight is 425 g/mol. The molecule has 0 aromatic rings. The van der Waals surface area contributed by atoms with Crippen LogP contribution in [0.3, 0.4) is 0 Å². The van der Waals surface area contributed by atoms with Gasteiger partial charge in [0.2, 0.25) is 0 Å². The Balaban J connectivity index is 0. The number of hydrogen-bond acceptors (Lipinski definition) is 3. The van der Waals surface area contributed by atoms with E-state index in [0.717, 1.165) is 30.8 Å². The fraction of sp³-hybridized carbons (Fsp3) is 0.769. The van der Waals surface area contributed by atoms with Crippen molar-refractivity contribution < 1.29 is 19.4 Å². The summed E-state index contributed by atoms with van der Waals surface area (Å²) < 4.78 is 5.04. The minimum atomic E-state index is -0.981. The first kappa shape index (κ1) is 30.6. The number of carboxylic acids is 1. The van der Waals surface area contributed by atoms with Gasteiger partial charge in [-0.2, -0.15) is 0 Å². The van der Waals surface area contributed by atoms with E-state index in [-0.39, 0.29) is 5.97 Å². The Morgan fingerprint density at radius 2 is 1.23 bits per heavy atom. The van der Waals surface area contributed by atoms with E-state index >= 15 is 0 Å². The van der Waals surface area contributed by atoms with Crippen LogP contribution in [0, 0.1) is 11.8 Å². The summed E-state index contributed by atoms with van der Waals surface area (Å²) in [7, 11) is 0. The topological polar surface area (TPSA) is 63.6 Å². The van der Waals surface area contributed by atoms with Crippen molar-refractivity contribution in [2.45, 2.75) is 111 Å². The number of hydrogen-bond donors (Lipinski definition) is 1. The molecule has 0 fully saturated rings. The van der Waals surface area contributed by atoms with E-state index < -0.39 is 5.97 Å². The predicted molar refractivity (Wildman–Crippen MR) is 128 cm³/mol. The van der Waals surface area contributed by atoms with E-state index in [1.807, 2.05) is 0 Å². The Hall–Kier alpha value is -1.58. The van der Waals surface area contributed by atoms with Crippen LogP contribution in [0.4, 0.5) is 0 Å². The molecule has 1 unspecified atom stereocenters. The molecule has 0 aliphatic heterocycles. The summed E-state index contributed by atoms with van der Waals surface area (Å²) in [5.41, 5.74) is 0. The summed E-state index contributed by atoms with van der Waals surface area (Å²) >= 11 is 0. The first-order valence-electron chi connectivity index (χ1n) is 12.0.